The maximum absolute atomic E-state index is 15.1. The summed E-state index contributed by atoms with van der Waals surface area (Å²) >= 11 is 6.24. The van der Waals surface area contributed by atoms with Gasteiger partial charge < -0.3 is 9.79 Å². The highest BCUT2D eigenvalue weighted by Gasteiger charge is 2.60. The van der Waals surface area contributed by atoms with E-state index in [4.69, 9.17) is 16.1 Å². The van der Waals surface area contributed by atoms with Crippen molar-refractivity contribution < 1.29 is 32.0 Å². The van der Waals surface area contributed by atoms with Crippen LogP contribution in [0.1, 0.15) is 69.9 Å². The van der Waals surface area contributed by atoms with Crippen LogP contribution < -0.4 is 5.56 Å². The van der Waals surface area contributed by atoms with Crippen molar-refractivity contribution >= 4 is 25.1 Å². The lowest BCUT2D eigenvalue weighted by molar-refractivity contribution is -0.143. The molecule has 3 heterocycles. The third-order valence-corrected chi connectivity index (χ3v) is 9.49. The van der Waals surface area contributed by atoms with E-state index in [1.54, 1.807) is 77.9 Å². The van der Waals surface area contributed by atoms with Gasteiger partial charge in [-0.05, 0) is 64.8 Å². The van der Waals surface area contributed by atoms with Crippen molar-refractivity contribution in [2.45, 2.75) is 66.8 Å². The van der Waals surface area contributed by atoms with Crippen molar-refractivity contribution in [2.24, 2.45) is 10.8 Å². The van der Waals surface area contributed by atoms with E-state index in [1.165, 1.54) is 34.3 Å². The molecule has 0 radical (unpaired) electrons. The molecule has 0 fully saturated rings. The van der Waals surface area contributed by atoms with Crippen LogP contribution in [0.15, 0.2) is 65.5 Å². The molecule has 0 saturated carbocycles. The summed E-state index contributed by atoms with van der Waals surface area (Å²) in [4.78, 5) is 39.6. The Morgan fingerprint density at radius 3 is 1.92 bits per heavy atom. The Balaban J connectivity index is 2.03. The molecule has 0 bridgehead atoms. The van der Waals surface area contributed by atoms with E-state index in [1.807, 2.05) is 6.07 Å². The average molecular weight is 743 g/mol. The van der Waals surface area contributed by atoms with Gasteiger partial charge in [0.25, 0.3) is 5.56 Å². The predicted octanol–water partition coefficient (Wildman–Crippen LogP) is 7.92. The van der Waals surface area contributed by atoms with Crippen LogP contribution in [0.2, 0.25) is 5.02 Å². The molecule has 5 rings (SSSR count). The van der Waals surface area contributed by atoms with Gasteiger partial charge in [-0.25, -0.2) is 18.7 Å². The standard InChI is InChI=1S/C35H35ClF3N6O5P/c1-20-24(14-17-26(41-20)35(37,38)39)19-44-30(46)28(23-10-8-21(18-40)9-11-23)27(22-12-15-25(36)16-13-22)29-42-43-31(45(29)44)34(32(2,3)4,33(5,6)7)50-51(47,48)49/h8-17H,19H2,1-7H3,(H2,47,48,49). The molecular formula is C35H35ClF3N6O5P. The van der Waals surface area contributed by atoms with Crippen molar-refractivity contribution in [3.8, 4) is 28.3 Å². The summed E-state index contributed by atoms with van der Waals surface area (Å²) in [5, 5.41) is 18.9. The number of hydrogen-bond donors (Lipinski definition) is 2. The van der Waals surface area contributed by atoms with Gasteiger partial charge in [0.05, 0.1) is 23.7 Å². The first-order valence-corrected chi connectivity index (χ1v) is 17.5. The molecule has 16 heteroatoms. The van der Waals surface area contributed by atoms with Gasteiger partial charge in [0.1, 0.15) is 5.69 Å². The summed E-state index contributed by atoms with van der Waals surface area (Å²) in [7, 11) is -5.29. The molecule has 11 nitrogen and oxygen atoms in total. The largest absolute Gasteiger partial charge is 0.470 e. The second-order valence-corrected chi connectivity index (χ2v) is 15.8. The molecule has 0 aliphatic heterocycles. The summed E-state index contributed by atoms with van der Waals surface area (Å²) in [6, 6.07) is 16.9. The zero-order valence-corrected chi connectivity index (χ0v) is 30.4. The van der Waals surface area contributed by atoms with Crippen LogP contribution >= 0.6 is 19.4 Å². The lowest BCUT2D eigenvalue weighted by atomic mass is 9.62. The number of hydrogen-bond acceptors (Lipinski definition) is 7. The molecule has 0 unspecified atom stereocenters. The molecule has 0 aliphatic rings. The van der Waals surface area contributed by atoms with E-state index in [-0.39, 0.29) is 40.4 Å². The van der Waals surface area contributed by atoms with Gasteiger partial charge in [0.15, 0.2) is 17.1 Å². The van der Waals surface area contributed by atoms with Gasteiger partial charge in [-0.3, -0.25) is 9.32 Å². The molecular weight excluding hydrogens is 708 g/mol. The highest BCUT2D eigenvalue weighted by Crippen LogP contribution is 2.60. The van der Waals surface area contributed by atoms with Gasteiger partial charge in [-0.2, -0.15) is 18.4 Å². The number of aryl methyl sites for hydroxylation is 1. The van der Waals surface area contributed by atoms with Gasteiger partial charge in [-0.15, -0.1) is 10.2 Å². The lowest BCUT2D eigenvalue weighted by Crippen LogP contribution is -2.53. The SMILES string of the molecule is Cc1nc(C(F)(F)F)ccc1Cn1c(=O)c(-c2ccc(C#N)cc2)c(-c2ccc(Cl)cc2)c2nnc(C(OP(=O)(O)O)(C(C)(C)C)C(C)(C)C)n21. The van der Waals surface area contributed by atoms with E-state index in [9.17, 15) is 32.8 Å². The molecule has 0 amide bonds. The number of aromatic nitrogens is 5. The zero-order valence-electron chi connectivity index (χ0n) is 28.7. The van der Waals surface area contributed by atoms with Gasteiger partial charge in [0, 0.05) is 16.3 Å². The van der Waals surface area contributed by atoms with E-state index in [2.05, 4.69) is 15.2 Å². The number of pyridine rings is 1. The van der Waals surface area contributed by atoms with Gasteiger partial charge >= 0.3 is 14.0 Å². The molecule has 268 valence electrons. The molecule has 2 N–H and O–H groups in total. The van der Waals surface area contributed by atoms with Crippen LogP contribution in [-0.4, -0.2) is 34.2 Å². The number of rotatable bonds is 7. The maximum atomic E-state index is 15.1. The average Bonchev–Trinajstić information content (AvgIpc) is 3.45. The number of alkyl halides is 3. The minimum absolute atomic E-state index is 0.00873. The minimum atomic E-state index is -5.29. The lowest BCUT2D eigenvalue weighted by Gasteiger charge is -2.51. The third-order valence-electron chi connectivity index (χ3n) is 8.73. The van der Waals surface area contributed by atoms with Crippen LogP contribution in [0.5, 0.6) is 0 Å². The molecule has 51 heavy (non-hydrogen) atoms. The second-order valence-electron chi connectivity index (χ2n) is 14.2. The van der Waals surface area contributed by atoms with Gasteiger partial charge in [0.2, 0.25) is 0 Å². The molecule has 5 aromatic rings. The molecule has 3 aromatic heterocycles. The van der Waals surface area contributed by atoms with Crippen LogP contribution in [0.25, 0.3) is 27.9 Å². The van der Waals surface area contributed by atoms with Crippen LogP contribution in [0.3, 0.4) is 0 Å². The van der Waals surface area contributed by atoms with Gasteiger partial charge in [-0.1, -0.05) is 83.5 Å². The topological polar surface area (TPSA) is 156 Å². The van der Waals surface area contributed by atoms with E-state index in [0.717, 1.165) is 6.07 Å². The maximum Gasteiger partial charge on any atom is 0.470 e. The summed E-state index contributed by atoms with van der Waals surface area (Å²) in [6.07, 6.45) is -4.71. The monoisotopic (exact) mass is 742 g/mol. The first-order valence-electron chi connectivity index (χ1n) is 15.6. The normalized spacial score (nSPS) is 13.1. The van der Waals surface area contributed by atoms with Crippen molar-refractivity contribution in [1.82, 2.24) is 24.4 Å². The molecule has 0 saturated heterocycles. The van der Waals surface area contributed by atoms with Crippen LogP contribution in [0, 0.1) is 29.1 Å². The van der Waals surface area contributed by atoms with Crippen molar-refractivity contribution in [1.29, 1.82) is 5.26 Å². The molecule has 2 aromatic carbocycles. The predicted molar refractivity (Wildman–Crippen MR) is 185 cm³/mol. The van der Waals surface area contributed by atoms with Crippen LogP contribution in [0.4, 0.5) is 13.2 Å². The third kappa shape index (κ3) is 6.97. The smallest absolute Gasteiger partial charge is 0.303 e. The highest BCUT2D eigenvalue weighted by atomic mass is 35.5. The quantitative estimate of drug-likeness (QED) is 0.158. The Labute approximate surface area is 296 Å². The Morgan fingerprint density at radius 2 is 1.43 bits per heavy atom. The molecule has 0 atom stereocenters. The number of benzene rings is 2. The van der Waals surface area contributed by atoms with E-state index >= 15 is 4.79 Å². The van der Waals surface area contributed by atoms with E-state index < -0.39 is 41.7 Å². The first kappa shape index (κ1) is 37.9. The number of nitriles is 1. The number of phosphoric acid groups is 1. The number of phosphoric ester groups is 1. The fourth-order valence-corrected chi connectivity index (χ4v) is 7.81. The summed E-state index contributed by atoms with van der Waals surface area (Å²) in [6.45, 7) is 11.2. The second kappa shape index (κ2) is 13.0. The fraction of sp³-hybridized carbons (Fsp3) is 0.343. The highest BCUT2D eigenvalue weighted by molar-refractivity contribution is 7.46. The fourth-order valence-electron chi connectivity index (χ4n) is 6.70. The Bertz CT molecular complexity index is 2260. The minimum Gasteiger partial charge on any atom is -0.303 e. The van der Waals surface area contributed by atoms with Crippen molar-refractivity contribution in [2.75, 3.05) is 0 Å². The summed E-state index contributed by atoms with van der Waals surface area (Å²) in [5.74, 6) is -0.142. The van der Waals surface area contributed by atoms with Crippen molar-refractivity contribution in [3.05, 3.63) is 104 Å². The number of fused-ring (bicyclic) bond motifs is 1. The first-order chi connectivity index (χ1) is 23.5. The summed E-state index contributed by atoms with van der Waals surface area (Å²) in [5.41, 5.74) is -4.11. The molecule has 0 spiro atoms. The van der Waals surface area contributed by atoms with Crippen molar-refractivity contribution in [3.63, 3.8) is 0 Å². The Kier molecular flexibility index (Phi) is 9.64. The van der Waals surface area contributed by atoms with Crippen LogP contribution in [-0.2, 0) is 27.4 Å². The Hall–Kier alpha value is -4.38. The number of halogens is 4. The molecule has 0 aliphatic carbocycles. The zero-order chi connectivity index (χ0) is 37.9. The van der Waals surface area contributed by atoms with E-state index in [0.29, 0.717) is 21.7 Å². The summed E-state index contributed by atoms with van der Waals surface area (Å²) < 4.78 is 61.8. The number of nitrogens with zero attached hydrogens (tertiary/aromatic N) is 6. The Morgan fingerprint density at radius 1 is 0.882 bits per heavy atom.